The molecule has 0 radical (unpaired) electrons. The molecule has 0 spiro atoms. The summed E-state index contributed by atoms with van der Waals surface area (Å²) in [6, 6.07) is 13.3. The van der Waals surface area contributed by atoms with Gasteiger partial charge in [0.1, 0.15) is 10.8 Å². The molecule has 0 aliphatic heterocycles. The molecule has 0 bridgehead atoms. The van der Waals surface area contributed by atoms with E-state index < -0.39 is 0 Å². The number of amides is 1. The number of halogens is 1. The first kappa shape index (κ1) is 23.6. The van der Waals surface area contributed by atoms with Gasteiger partial charge in [0.05, 0.1) is 19.0 Å². The molecule has 4 aromatic rings. The Kier molecular flexibility index (Phi) is 6.47. The summed E-state index contributed by atoms with van der Waals surface area (Å²) in [5.74, 6) is 2.54. The van der Waals surface area contributed by atoms with E-state index in [0.717, 1.165) is 22.4 Å². The molecule has 1 saturated carbocycles. The number of nitrogens with zero attached hydrogens (tertiary/aromatic N) is 3. The molecule has 1 amide bonds. The van der Waals surface area contributed by atoms with Crippen molar-refractivity contribution in [3.05, 3.63) is 70.5 Å². The van der Waals surface area contributed by atoms with Gasteiger partial charge in [0.2, 0.25) is 5.95 Å². The molecular formula is C26H26ClN7O2. The summed E-state index contributed by atoms with van der Waals surface area (Å²) < 4.78 is 5.66. The van der Waals surface area contributed by atoms with Crippen LogP contribution in [0.4, 0.5) is 23.3 Å². The quantitative estimate of drug-likeness (QED) is 0.248. The zero-order valence-corrected chi connectivity index (χ0v) is 20.9. The highest BCUT2D eigenvalue weighted by Gasteiger charge is 2.25. The number of H-pyrrole nitrogens is 1. The second kappa shape index (κ2) is 9.87. The van der Waals surface area contributed by atoms with Gasteiger partial charge in [-0.2, -0.15) is 10.1 Å². The van der Waals surface area contributed by atoms with Gasteiger partial charge in [-0.1, -0.05) is 23.7 Å². The molecule has 184 valence electrons. The maximum Gasteiger partial charge on any atom is 0.251 e. The number of aromatic amines is 1. The van der Waals surface area contributed by atoms with Gasteiger partial charge >= 0.3 is 0 Å². The van der Waals surface area contributed by atoms with E-state index in [9.17, 15) is 4.79 Å². The summed E-state index contributed by atoms with van der Waals surface area (Å²) in [4.78, 5) is 20.7. The second-order valence-electron chi connectivity index (χ2n) is 8.65. The van der Waals surface area contributed by atoms with Crippen LogP contribution in [-0.4, -0.2) is 40.2 Å². The fraction of sp³-hybridized carbons (Fsp3) is 0.231. The molecule has 4 N–H and O–H groups in total. The van der Waals surface area contributed by atoms with Crippen LogP contribution in [0.25, 0.3) is 11.1 Å². The Morgan fingerprint density at radius 1 is 1.14 bits per heavy atom. The number of nitrogens with one attached hydrogen (secondary N) is 4. The van der Waals surface area contributed by atoms with Crippen molar-refractivity contribution in [3.8, 4) is 16.9 Å². The van der Waals surface area contributed by atoms with E-state index in [-0.39, 0.29) is 5.91 Å². The van der Waals surface area contributed by atoms with Crippen molar-refractivity contribution in [1.82, 2.24) is 25.5 Å². The highest BCUT2D eigenvalue weighted by molar-refractivity contribution is 6.32. The molecule has 0 atom stereocenters. The molecule has 1 aliphatic rings. The van der Waals surface area contributed by atoms with Gasteiger partial charge in [-0.05, 0) is 60.7 Å². The number of carbonyl (C=O) groups excluding carboxylic acids is 1. The topological polar surface area (TPSA) is 117 Å². The number of hydrogen-bond donors (Lipinski definition) is 4. The summed E-state index contributed by atoms with van der Waals surface area (Å²) in [6.07, 6.45) is 3.91. The van der Waals surface area contributed by atoms with E-state index in [1.807, 2.05) is 37.3 Å². The Hall–Kier alpha value is -4.11. The first-order valence-electron chi connectivity index (χ1n) is 11.6. The second-order valence-corrected chi connectivity index (χ2v) is 9.05. The van der Waals surface area contributed by atoms with Crippen molar-refractivity contribution in [2.45, 2.75) is 25.7 Å². The van der Waals surface area contributed by atoms with Gasteiger partial charge in [0.25, 0.3) is 5.91 Å². The van der Waals surface area contributed by atoms with Crippen LogP contribution < -0.4 is 20.7 Å². The number of methoxy groups -OCH3 is 1. The Morgan fingerprint density at radius 3 is 2.61 bits per heavy atom. The number of benzene rings is 2. The lowest BCUT2D eigenvalue weighted by Crippen LogP contribution is -2.17. The summed E-state index contributed by atoms with van der Waals surface area (Å²) in [5, 5.41) is 16.8. The average Bonchev–Trinajstić information content (AvgIpc) is 3.64. The van der Waals surface area contributed by atoms with Crippen molar-refractivity contribution in [1.29, 1.82) is 0 Å². The molecule has 0 saturated heterocycles. The van der Waals surface area contributed by atoms with Crippen molar-refractivity contribution < 1.29 is 9.53 Å². The van der Waals surface area contributed by atoms with Crippen LogP contribution in [-0.2, 0) is 0 Å². The van der Waals surface area contributed by atoms with E-state index in [2.05, 4.69) is 36.1 Å². The maximum atomic E-state index is 11.9. The largest absolute Gasteiger partial charge is 0.495 e. The SMILES string of the molecule is CNC(=O)c1ccc(-c2cc(OC)c(Nc3ncc(Cl)c(Nc4cc(C5CC5)[nH]n4)n3)cc2C)cc1. The average molecular weight is 504 g/mol. The zero-order valence-electron chi connectivity index (χ0n) is 20.1. The lowest BCUT2D eigenvalue weighted by Gasteiger charge is -2.15. The number of anilines is 4. The maximum absolute atomic E-state index is 11.9. The fourth-order valence-corrected chi connectivity index (χ4v) is 4.11. The highest BCUT2D eigenvalue weighted by Crippen LogP contribution is 2.40. The Balaban J connectivity index is 1.38. The van der Waals surface area contributed by atoms with Crippen LogP contribution in [0.3, 0.4) is 0 Å². The summed E-state index contributed by atoms with van der Waals surface area (Å²) in [5.41, 5.74) is 5.41. The van der Waals surface area contributed by atoms with Gasteiger partial charge in [0.15, 0.2) is 11.6 Å². The third-order valence-electron chi connectivity index (χ3n) is 6.08. The van der Waals surface area contributed by atoms with Crippen molar-refractivity contribution >= 4 is 40.8 Å². The van der Waals surface area contributed by atoms with E-state index in [1.165, 1.54) is 19.0 Å². The van der Waals surface area contributed by atoms with Gasteiger partial charge in [-0.3, -0.25) is 9.89 Å². The Morgan fingerprint density at radius 2 is 1.92 bits per heavy atom. The lowest BCUT2D eigenvalue weighted by atomic mass is 9.98. The van der Waals surface area contributed by atoms with Gasteiger partial charge < -0.3 is 20.7 Å². The Bertz CT molecular complexity index is 1410. The first-order valence-corrected chi connectivity index (χ1v) is 12.0. The zero-order chi connectivity index (χ0) is 25.2. The molecule has 2 aromatic carbocycles. The summed E-state index contributed by atoms with van der Waals surface area (Å²) in [7, 11) is 3.22. The van der Waals surface area contributed by atoms with Crippen molar-refractivity contribution in [2.24, 2.45) is 0 Å². The normalized spacial score (nSPS) is 12.8. The highest BCUT2D eigenvalue weighted by atomic mass is 35.5. The minimum atomic E-state index is -0.122. The van der Waals surface area contributed by atoms with Crippen LogP contribution in [0.15, 0.2) is 48.7 Å². The van der Waals surface area contributed by atoms with Crippen LogP contribution >= 0.6 is 11.6 Å². The van der Waals surface area contributed by atoms with E-state index >= 15 is 0 Å². The number of aromatic nitrogens is 4. The van der Waals surface area contributed by atoms with Crippen LogP contribution in [0.5, 0.6) is 5.75 Å². The first-order chi connectivity index (χ1) is 17.4. The Labute approximate surface area is 213 Å². The molecule has 36 heavy (non-hydrogen) atoms. The predicted octanol–water partition coefficient (Wildman–Crippen LogP) is 5.56. The molecule has 2 aromatic heterocycles. The van der Waals surface area contributed by atoms with Crippen LogP contribution in [0.1, 0.15) is 40.4 Å². The number of ether oxygens (including phenoxy) is 1. The standard InChI is InChI=1S/C26H26ClN7O2/c1-14-10-21(22(36-3)11-18(14)15-4-8-17(9-5-15)25(35)28-2)30-26-29-13-19(27)24(32-26)31-23-12-20(33-34-23)16-6-7-16/h4-5,8-13,16H,6-7H2,1-3H3,(H,28,35)(H3,29,30,31,32,33,34). The summed E-state index contributed by atoms with van der Waals surface area (Å²) >= 11 is 6.34. The third kappa shape index (κ3) is 4.96. The molecule has 0 unspecified atom stereocenters. The van der Waals surface area contributed by atoms with Crippen molar-refractivity contribution in [2.75, 3.05) is 24.8 Å². The molecule has 1 fully saturated rings. The van der Waals surface area contributed by atoms with Gasteiger partial charge in [0, 0.05) is 30.3 Å². The molecule has 1 aliphatic carbocycles. The number of aryl methyl sites for hydroxylation is 1. The molecule has 2 heterocycles. The van der Waals surface area contributed by atoms with Gasteiger partial charge in [-0.25, -0.2) is 4.98 Å². The van der Waals surface area contributed by atoms with Crippen LogP contribution in [0.2, 0.25) is 5.02 Å². The van der Waals surface area contributed by atoms with Gasteiger partial charge in [-0.15, -0.1) is 0 Å². The molecule has 9 nitrogen and oxygen atoms in total. The van der Waals surface area contributed by atoms with E-state index in [4.69, 9.17) is 16.3 Å². The lowest BCUT2D eigenvalue weighted by molar-refractivity contribution is 0.0963. The number of hydrogen-bond acceptors (Lipinski definition) is 7. The molecule has 5 rings (SSSR count). The minimum absolute atomic E-state index is 0.122. The van der Waals surface area contributed by atoms with Crippen molar-refractivity contribution in [3.63, 3.8) is 0 Å². The smallest absolute Gasteiger partial charge is 0.251 e. The minimum Gasteiger partial charge on any atom is -0.495 e. The van der Waals surface area contributed by atoms with E-state index in [0.29, 0.717) is 45.5 Å². The van der Waals surface area contributed by atoms with Crippen LogP contribution in [0, 0.1) is 6.92 Å². The fourth-order valence-electron chi connectivity index (χ4n) is 3.97. The molecular weight excluding hydrogens is 478 g/mol. The predicted molar refractivity (Wildman–Crippen MR) is 141 cm³/mol. The third-order valence-corrected chi connectivity index (χ3v) is 6.36. The number of rotatable bonds is 8. The number of carbonyl (C=O) groups is 1. The summed E-state index contributed by atoms with van der Waals surface area (Å²) in [6.45, 7) is 2.01. The van der Waals surface area contributed by atoms with E-state index in [1.54, 1.807) is 26.3 Å². The molecule has 10 heteroatoms. The monoisotopic (exact) mass is 503 g/mol.